The lowest BCUT2D eigenvalue weighted by Gasteiger charge is -2.35. The molecule has 4 nitrogen and oxygen atoms in total. The van der Waals surface area contributed by atoms with Crippen molar-refractivity contribution < 1.29 is 4.79 Å². The first-order chi connectivity index (χ1) is 14.3. The molecular weight excluding hydrogens is 378 g/mol. The van der Waals surface area contributed by atoms with E-state index in [9.17, 15) is 4.79 Å². The van der Waals surface area contributed by atoms with Gasteiger partial charge in [0.2, 0.25) is 0 Å². The SMILES string of the molecule is CCn1cc(C(=O)N2CCc3ccsc3C2Cc2ccccn2)c2ccccc21. The van der Waals surface area contributed by atoms with Gasteiger partial charge in [-0.25, -0.2) is 0 Å². The van der Waals surface area contributed by atoms with Gasteiger partial charge >= 0.3 is 0 Å². The van der Waals surface area contributed by atoms with Gasteiger partial charge in [0.1, 0.15) is 0 Å². The quantitative estimate of drug-likeness (QED) is 0.477. The maximum atomic E-state index is 13.8. The molecule has 1 aromatic carbocycles. The third kappa shape index (κ3) is 3.15. The Morgan fingerprint density at radius 3 is 2.86 bits per heavy atom. The number of aromatic nitrogens is 2. The highest BCUT2D eigenvalue weighted by Gasteiger charge is 2.33. The summed E-state index contributed by atoms with van der Waals surface area (Å²) in [6.45, 7) is 3.70. The number of fused-ring (bicyclic) bond motifs is 2. The zero-order valence-corrected chi connectivity index (χ0v) is 17.2. The molecule has 146 valence electrons. The van der Waals surface area contributed by atoms with Gasteiger partial charge in [0.25, 0.3) is 5.91 Å². The summed E-state index contributed by atoms with van der Waals surface area (Å²) in [6, 6.07) is 16.4. The first-order valence-corrected chi connectivity index (χ1v) is 11.0. The van der Waals surface area contributed by atoms with Crippen molar-refractivity contribution in [2.45, 2.75) is 32.4 Å². The number of pyridine rings is 1. The molecule has 0 aliphatic carbocycles. The second-order valence-electron chi connectivity index (χ2n) is 7.45. The summed E-state index contributed by atoms with van der Waals surface area (Å²) in [5.74, 6) is 0.119. The van der Waals surface area contributed by atoms with Crippen LogP contribution in [0.15, 0.2) is 66.3 Å². The van der Waals surface area contributed by atoms with Crippen molar-refractivity contribution in [3.05, 3.63) is 88.0 Å². The molecule has 4 aromatic rings. The van der Waals surface area contributed by atoms with E-state index in [0.717, 1.165) is 48.1 Å². The number of rotatable bonds is 4. The maximum absolute atomic E-state index is 13.8. The highest BCUT2D eigenvalue weighted by Crippen LogP contribution is 2.37. The number of amides is 1. The van der Waals surface area contributed by atoms with Crippen molar-refractivity contribution in [2.24, 2.45) is 0 Å². The number of carbonyl (C=O) groups is 1. The number of para-hydroxylation sites is 1. The average Bonchev–Trinajstić information content (AvgIpc) is 3.39. The molecule has 4 heterocycles. The lowest BCUT2D eigenvalue weighted by molar-refractivity contribution is 0.0665. The summed E-state index contributed by atoms with van der Waals surface area (Å²) < 4.78 is 2.16. The predicted molar refractivity (Wildman–Crippen MR) is 117 cm³/mol. The molecule has 0 saturated heterocycles. The second kappa shape index (κ2) is 7.48. The van der Waals surface area contributed by atoms with E-state index in [1.165, 1.54) is 10.4 Å². The Hall–Kier alpha value is -2.92. The number of aryl methyl sites for hydroxylation is 1. The van der Waals surface area contributed by atoms with Crippen LogP contribution in [-0.4, -0.2) is 26.9 Å². The van der Waals surface area contributed by atoms with Crippen molar-refractivity contribution in [1.29, 1.82) is 0 Å². The number of carbonyl (C=O) groups excluding carboxylic acids is 1. The van der Waals surface area contributed by atoms with Crippen LogP contribution in [-0.2, 0) is 19.4 Å². The third-order valence-electron chi connectivity index (χ3n) is 5.83. The fraction of sp³-hybridized carbons (Fsp3) is 0.250. The van der Waals surface area contributed by atoms with Crippen LogP contribution >= 0.6 is 11.3 Å². The van der Waals surface area contributed by atoms with E-state index in [4.69, 9.17) is 0 Å². The molecule has 29 heavy (non-hydrogen) atoms. The van der Waals surface area contributed by atoms with Crippen LogP contribution in [0.3, 0.4) is 0 Å². The van der Waals surface area contributed by atoms with E-state index in [1.54, 1.807) is 11.3 Å². The first-order valence-electron chi connectivity index (χ1n) is 10.1. The Bertz CT molecular complexity index is 1160. The zero-order valence-electron chi connectivity index (χ0n) is 16.4. The van der Waals surface area contributed by atoms with E-state index >= 15 is 0 Å². The normalized spacial score (nSPS) is 16.2. The van der Waals surface area contributed by atoms with Gasteiger partial charge in [0, 0.05) is 53.4 Å². The monoisotopic (exact) mass is 401 g/mol. The summed E-state index contributed by atoms with van der Waals surface area (Å²) in [5.41, 5.74) is 4.31. The van der Waals surface area contributed by atoms with Gasteiger partial charge in [-0.05, 0) is 48.6 Å². The van der Waals surface area contributed by atoms with E-state index in [2.05, 4.69) is 45.0 Å². The first kappa shape index (κ1) is 18.1. The van der Waals surface area contributed by atoms with Crippen LogP contribution in [0.1, 0.15) is 39.5 Å². The predicted octanol–water partition coefficient (Wildman–Crippen LogP) is 5.10. The molecule has 5 heteroatoms. The van der Waals surface area contributed by atoms with Crippen molar-refractivity contribution in [3.8, 4) is 0 Å². The lowest BCUT2D eigenvalue weighted by Crippen LogP contribution is -2.40. The van der Waals surface area contributed by atoms with Crippen LogP contribution in [0.5, 0.6) is 0 Å². The molecule has 1 unspecified atom stereocenters. The Kier molecular flexibility index (Phi) is 4.68. The topological polar surface area (TPSA) is 38.1 Å². The lowest BCUT2D eigenvalue weighted by atomic mass is 9.96. The molecule has 5 rings (SSSR count). The molecule has 1 atom stereocenters. The van der Waals surface area contributed by atoms with Crippen LogP contribution < -0.4 is 0 Å². The Balaban J connectivity index is 1.56. The van der Waals surface area contributed by atoms with Gasteiger partial charge in [0.05, 0.1) is 11.6 Å². The number of hydrogen-bond acceptors (Lipinski definition) is 3. The Morgan fingerprint density at radius 1 is 1.17 bits per heavy atom. The van der Waals surface area contributed by atoms with Crippen molar-refractivity contribution >= 4 is 28.1 Å². The minimum Gasteiger partial charge on any atom is -0.347 e. The molecule has 0 radical (unpaired) electrons. The maximum Gasteiger partial charge on any atom is 0.256 e. The standard InChI is InChI=1S/C24H23N3OS/c1-2-26-16-20(19-8-3-4-9-21(19)26)24(28)27-13-10-17-11-14-29-23(17)22(27)15-18-7-5-6-12-25-18/h3-9,11-12,14,16,22H,2,10,13,15H2,1H3. The molecule has 0 bridgehead atoms. The molecule has 1 aliphatic heterocycles. The molecular formula is C24H23N3OS. The van der Waals surface area contributed by atoms with Crippen LogP contribution in [0.4, 0.5) is 0 Å². The molecule has 1 aliphatic rings. The van der Waals surface area contributed by atoms with Gasteiger partial charge in [0.15, 0.2) is 0 Å². The van der Waals surface area contributed by atoms with Gasteiger partial charge < -0.3 is 9.47 Å². The summed E-state index contributed by atoms with van der Waals surface area (Å²) in [5, 5.41) is 3.18. The van der Waals surface area contributed by atoms with Crippen molar-refractivity contribution in [2.75, 3.05) is 6.54 Å². The average molecular weight is 402 g/mol. The molecule has 0 fully saturated rings. The fourth-order valence-corrected chi connectivity index (χ4v) is 5.45. The summed E-state index contributed by atoms with van der Waals surface area (Å²) in [7, 11) is 0. The van der Waals surface area contributed by atoms with E-state index in [-0.39, 0.29) is 11.9 Å². The van der Waals surface area contributed by atoms with E-state index in [0.29, 0.717) is 0 Å². The number of benzene rings is 1. The highest BCUT2D eigenvalue weighted by atomic mass is 32.1. The van der Waals surface area contributed by atoms with E-state index < -0.39 is 0 Å². The number of hydrogen-bond donors (Lipinski definition) is 0. The number of nitrogens with zero attached hydrogens (tertiary/aromatic N) is 3. The largest absolute Gasteiger partial charge is 0.347 e. The molecule has 0 spiro atoms. The Morgan fingerprint density at radius 2 is 2.03 bits per heavy atom. The van der Waals surface area contributed by atoms with Gasteiger partial charge in [-0.1, -0.05) is 24.3 Å². The van der Waals surface area contributed by atoms with Crippen LogP contribution in [0, 0.1) is 0 Å². The third-order valence-corrected chi connectivity index (χ3v) is 6.89. The highest BCUT2D eigenvalue weighted by molar-refractivity contribution is 7.10. The summed E-state index contributed by atoms with van der Waals surface area (Å²) in [4.78, 5) is 21.7. The molecule has 0 saturated carbocycles. The minimum absolute atomic E-state index is 0.0323. The van der Waals surface area contributed by atoms with Crippen LogP contribution in [0.25, 0.3) is 10.9 Å². The second-order valence-corrected chi connectivity index (χ2v) is 8.39. The van der Waals surface area contributed by atoms with Crippen molar-refractivity contribution in [1.82, 2.24) is 14.5 Å². The zero-order chi connectivity index (χ0) is 19.8. The number of thiophene rings is 1. The van der Waals surface area contributed by atoms with Gasteiger partial charge in [-0.2, -0.15) is 0 Å². The molecule has 1 amide bonds. The minimum atomic E-state index is 0.0323. The van der Waals surface area contributed by atoms with Crippen LogP contribution in [0.2, 0.25) is 0 Å². The fourth-order valence-electron chi connectivity index (χ4n) is 4.38. The Labute approximate surface area is 174 Å². The van der Waals surface area contributed by atoms with Crippen molar-refractivity contribution in [3.63, 3.8) is 0 Å². The summed E-state index contributed by atoms with van der Waals surface area (Å²) in [6.07, 6.45) is 5.51. The molecule has 0 N–H and O–H groups in total. The summed E-state index contributed by atoms with van der Waals surface area (Å²) >= 11 is 1.76. The smallest absolute Gasteiger partial charge is 0.256 e. The van der Waals surface area contributed by atoms with E-state index in [1.807, 2.05) is 42.7 Å². The molecule has 3 aromatic heterocycles. The van der Waals surface area contributed by atoms with Gasteiger partial charge in [-0.15, -0.1) is 11.3 Å². The van der Waals surface area contributed by atoms with Gasteiger partial charge in [-0.3, -0.25) is 9.78 Å².